The SMILES string of the molecule is CCO[C@@]1(C)O[C@@H]2O[C@H](CC)CC[C@@H]2O1. The highest BCUT2D eigenvalue weighted by Crippen LogP contribution is 2.37. The maximum Gasteiger partial charge on any atom is 0.282 e. The van der Waals surface area contributed by atoms with Gasteiger partial charge in [0.1, 0.15) is 6.10 Å². The van der Waals surface area contributed by atoms with Crippen LogP contribution in [0.15, 0.2) is 0 Å². The van der Waals surface area contributed by atoms with Gasteiger partial charge in [-0.2, -0.15) is 0 Å². The van der Waals surface area contributed by atoms with E-state index in [1.807, 2.05) is 6.92 Å². The molecule has 2 saturated heterocycles. The fraction of sp³-hybridized carbons (Fsp3) is 1.00. The summed E-state index contributed by atoms with van der Waals surface area (Å²) in [6.45, 7) is 6.43. The third-order valence-corrected chi connectivity index (χ3v) is 2.96. The Morgan fingerprint density at radius 3 is 2.73 bits per heavy atom. The van der Waals surface area contributed by atoms with E-state index in [0.29, 0.717) is 12.7 Å². The summed E-state index contributed by atoms with van der Waals surface area (Å²) in [4.78, 5) is 0. The zero-order valence-electron chi connectivity index (χ0n) is 9.69. The van der Waals surface area contributed by atoms with Crippen LogP contribution >= 0.6 is 0 Å². The van der Waals surface area contributed by atoms with Crippen LogP contribution in [0.4, 0.5) is 0 Å². The van der Waals surface area contributed by atoms with Crippen LogP contribution in [0.25, 0.3) is 0 Å². The molecule has 4 heteroatoms. The highest BCUT2D eigenvalue weighted by Gasteiger charge is 2.48. The van der Waals surface area contributed by atoms with E-state index in [-0.39, 0.29) is 12.4 Å². The third kappa shape index (κ3) is 2.33. The lowest BCUT2D eigenvalue weighted by Crippen LogP contribution is -2.36. The molecule has 0 bridgehead atoms. The molecule has 2 heterocycles. The van der Waals surface area contributed by atoms with E-state index in [4.69, 9.17) is 18.9 Å². The second kappa shape index (κ2) is 4.37. The molecule has 0 aromatic heterocycles. The molecule has 88 valence electrons. The van der Waals surface area contributed by atoms with Gasteiger partial charge in [0.25, 0.3) is 5.97 Å². The number of hydrogen-bond acceptors (Lipinski definition) is 4. The summed E-state index contributed by atoms with van der Waals surface area (Å²) >= 11 is 0. The van der Waals surface area contributed by atoms with Crippen LogP contribution in [0.5, 0.6) is 0 Å². The van der Waals surface area contributed by atoms with Gasteiger partial charge >= 0.3 is 0 Å². The lowest BCUT2D eigenvalue weighted by molar-refractivity contribution is -0.341. The summed E-state index contributed by atoms with van der Waals surface area (Å²) in [6.07, 6.45) is 3.15. The van der Waals surface area contributed by atoms with Gasteiger partial charge in [-0.25, -0.2) is 0 Å². The van der Waals surface area contributed by atoms with Crippen LogP contribution in [-0.2, 0) is 18.9 Å². The number of ether oxygens (including phenoxy) is 4. The van der Waals surface area contributed by atoms with Crippen molar-refractivity contribution in [2.45, 2.75) is 64.5 Å². The molecule has 2 fully saturated rings. The summed E-state index contributed by atoms with van der Waals surface area (Å²) in [5, 5.41) is 0. The Kier molecular flexibility index (Phi) is 3.30. The quantitative estimate of drug-likeness (QED) is 0.723. The van der Waals surface area contributed by atoms with Gasteiger partial charge in [-0.15, -0.1) is 0 Å². The molecule has 0 spiro atoms. The molecule has 2 aliphatic rings. The minimum Gasteiger partial charge on any atom is -0.346 e. The summed E-state index contributed by atoms with van der Waals surface area (Å²) in [5.74, 6) is -0.910. The molecule has 4 atom stereocenters. The summed E-state index contributed by atoms with van der Waals surface area (Å²) in [7, 11) is 0. The Labute approximate surface area is 90.8 Å². The molecule has 0 aromatic rings. The second-order valence-corrected chi connectivity index (χ2v) is 4.18. The van der Waals surface area contributed by atoms with Gasteiger partial charge in [-0.05, 0) is 26.2 Å². The Hall–Kier alpha value is -0.160. The average Bonchev–Trinajstić information content (AvgIpc) is 2.53. The van der Waals surface area contributed by atoms with Gasteiger partial charge in [0, 0.05) is 13.5 Å². The second-order valence-electron chi connectivity index (χ2n) is 4.18. The van der Waals surface area contributed by atoms with Crippen molar-refractivity contribution in [1.82, 2.24) is 0 Å². The van der Waals surface area contributed by atoms with Crippen LogP contribution in [-0.4, -0.2) is 31.1 Å². The highest BCUT2D eigenvalue weighted by atomic mass is 16.9. The van der Waals surface area contributed by atoms with Gasteiger partial charge in [-0.3, -0.25) is 4.74 Å². The standard InChI is InChI=1S/C11H20O4/c1-4-8-6-7-9-10(13-8)15-11(3,14-9)12-5-2/h8-10H,4-7H2,1-3H3/t8-,9+,10+,11-/m1/s1. The summed E-state index contributed by atoms with van der Waals surface area (Å²) in [6, 6.07) is 0. The summed E-state index contributed by atoms with van der Waals surface area (Å²) in [5.41, 5.74) is 0. The molecule has 0 amide bonds. The van der Waals surface area contributed by atoms with Crippen LogP contribution in [0.1, 0.15) is 40.0 Å². The molecule has 2 rings (SSSR count). The van der Waals surface area contributed by atoms with E-state index in [0.717, 1.165) is 19.3 Å². The average molecular weight is 216 g/mol. The maximum absolute atomic E-state index is 5.77. The van der Waals surface area contributed by atoms with Crippen molar-refractivity contribution in [1.29, 1.82) is 0 Å². The first-order chi connectivity index (χ1) is 7.17. The van der Waals surface area contributed by atoms with Gasteiger partial charge in [0.05, 0.1) is 6.10 Å². The molecule has 0 radical (unpaired) electrons. The molecular formula is C11H20O4. The van der Waals surface area contributed by atoms with E-state index in [2.05, 4.69) is 6.92 Å². The lowest BCUT2D eigenvalue weighted by atomic mass is 10.0. The Morgan fingerprint density at radius 2 is 2.07 bits per heavy atom. The van der Waals surface area contributed by atoms with Crippen molar-refractivity contribution in [2.24, 2.45) is 0 Å². The fourth-order valence-corrected chi connectivity index (χ4v) is 2.19. The first-order valence-corrected chi connectivity index (χ1v) is 5.82. The maximum atomic E-state index is 5.77. The fourth-order valence-electron chi connectivity index (χ4n) is 2.19. The van der Waals surface area contributed by atoms with Crippen molar-refractivity contribution in [2.75, 3.05) is 6.61 Å². The van der Waals surface area contributed by atoms with Crippen LogP contribution in [0, 0.1) is 0 Å². The summed E-state index contributed by atoms with van der Waals surface area (Å²) < 4.78 is 22.6. The van der Waals surface area contributed by atoms with Gasteiger partial charge in [0.2, 0.25) is 0 Å². The molecule has 2 aliphatic heterocycles. The van der Waals surface area contributed by atoms with Gasteiger partial charge in [-0.1, -0.05) is 6.92 Å². The molecule has 0 saturated carbocycles. The zero-order valence-corrected chi connectivity index (χ0v) is 9.69. The smallest absolute Gasteiger partial charge is 0.282 e. The lowest BCUT2D eigenvalue weighted by Gasteiger charge is -2.28. The molecule has 15 heavy (non-hydrogen) atoms. The topological polar surface area (TPSA) is 36.9 Å². The molecule has 0 unspecified atom stereocenters. The largest absolute Gasteiger partial charge is 0.346 e. The third-order valence-electron chi connectivity index (χ3n) is 2.96. The minimum absolute atomic E-state index is 0.0318. The van der Waals surface area contributed by atoms with E-state index >= 15 is 0 Å². The normalized spacial score (nSPS) is 45.4. The monoisotopic (exact) mass is 216 g/mol. The Morgan fingerprint density at radius 1 is 1.27 bits per heavy atom. The Bertz CT molecular complexity index is 221. The van der Waals surface area contributed by atoms with Crippen LogP contribution < -0.4 is 0 Å². The van der Waals surface area contributed by atoms with E-state index in [1.165, 1.54) is 0 Å². The van der Waals surface area contributed by atoms with Crippen molar-refractivity contribution in [3.63, 3.8) is 0 Å². The first kappa shape index (κ1) is 11.3. The first-order valence-electron chi connectivity index (χ1n) is 5.82. The van der Waals surface area contributed by atoms with Crippen molar-refractivity contribution in [3.05, 3.63) is 0 Å². The van der Waals surface area contributed by atoms with E-state index in [9.17, 15) is 0 Å². The predicted molar refractivity (Wildman–Crippen MR) is 54.2 cm³/mol. The predicted octanol–water partition coefficient (Wildman–Crippen LogP) is 2.03. The minimum atomic E-state index is -0.910. The highest BCUT2D eigenvalue weighted by molar-refractivity contribution is 4.80. The van der Waals surface area contributed by atoms with Crippen molar-refractivity contribution >= 4 is 0 Å². The Balaban J connectivity index is 1.95. The molecule has 0 aromatic carbocycles. The molecular weight excluding hydrogens is 196 g/mol. The van der Waals surface area contributed by atoms with Crippen molar-refractivity contribution < 1.29 is 18.9 Å². The van der Waals surface area contributed by atoms with Crippen molar-refractivity contribution in [3.8, 4) is 0 Å². The molecule has 0 aliphatic carbocycles. The molecule has 0 N–H and O–H groups in total. The number of rotatable bonds is 3. The zero-order chi connectivity index (χ0) is 10.9. The number of hydrogen-bond donors (Lipinski definition) is 0. The van der Waals surface area contributed by atoms with Gasteiger partial charge in [0.15, 0.2) is 6.29 Å². The van der Waals surface area contributed by atoms with E-state index in [1.54, 1.807) is 6.92 Å². The van der Waals surface area contributed by atoms with E-state index < -0.39 is 5.97 Å². The van der Waals surface area contributed by atoms with Crippen LogP contribution in [0.3, 0.4) is 0 Å². The van der Waals surface area contributed by atoms with Crippen LogP contribution in [0.2, 0.25) is 0 Å². The number of fused-ring (bicyclic) bond motifs is 1. The molecule has 4 nitrogen and oxygen atoms in total. The van der Waals surface area contributed by atoms with Gasteiger partial charge < -0.3 is 14.2 Å².